The van der Waals surface area contributed by atoms with Crippen LogP contribution in [0.3, 0.4) is 0 Å². The molecule has 1 N–H and O–H groups in total. The van der Waals surface area contributed by atoms with Crippen LogP contribution in [0.2, 0.25) is 0 Å². The predicted molar refractivity (Wildman–Crippen MR) is 75.4 cm³/mol. The summed E-state index contributed by atoms with van der Waals surface area (Å²) in [6.45, 7) is 10.0. The first kappa shape index (κ1) is 14.2. The van der Waals surface area contributed by atoms with Crippen LogP contribution in [0.25, 0.3) is 0 Å². The van der Waals surface area contributed by atoms with Gasteiger partial charge in [0.25, 0.3) is 0 Å². The standard InChI is InChI=1S/C15H26N2/c1-5-10-17(6-2)12-15(16-4)14-9-7-8-13(3)11-14/h7-9,11,15-16H,5-6,10,12H2,1-4H3. The Balaban J connectivity index is 2.70. The molecule has 1 atom stereocenters. The van der Waals surface area contributed by atoms with Gasteiger partial charge in [0.1, 0.15) is 0 Å². The highest BCUT2D eigenvalue weighted by molar-refractivity contribution is 5.25. The second kappa shape index (κ2) is 7.46. The third kappa shape index (κ3) is 4.49. The van der Waals surface area contributed by atoms with E-state index in [0.29, 0.717) is 6.04 Å². The molecule has 2 heteroatoms. The van der Waals surface area contributed by atoms with E-state index < -0.39 is 0 Å². The molecule has 0 fully saturated rings. The number of nitrogens with one attached hydrogen (secondary N) is 1. The molecule has 0 radical (unpaired) electrons. The van der Waals surface area contributed by atoms with E-state index in [-0.39, 0.29) is 0 Å². The first-order chi connectivity index (χ1) is 8.21. The number of rotatable bonds is 7. The van der Waals surface area contributed by atoms with Gasteiger partial charge in [-0.1, -0.05) is 43.7 Å². The van der Waals surface area contributed by atoms with Crippen LogP contribution < -0.4 is 5.32 Å². The number of hydrogen-bond donors (Lipinski definition) is 1. The van der Waals surface area contributed by atoms with Gasteiger partial charge in [0, 0.05) is 12.6 Å². The topological polar surface area (TPSA) is 15.3 Å². The maximum Gasteiger partial charge on any atom is 0.0446 e. The van der Waals surface area contributed by atoms with Crippen molar-refractivity contribution < 1.29 is 0 Å². The summed E-state index contributed by atoms with van der Waals surface area (Å²) in [6.07, 6.45) is 1.22. The summed E-state index contributed by atoms with van der Waals surface area (Å²) in [7, 11) is 2.05. The van der Waals surface area contributed by atoms with Crippen molar-refractivity contribution in [2.24, 2.45) is 0 Å². The molecule has 0 amide bonds. The van der Waals surface area contributed by atoms with E-state index in [0.717, 1.165) is 13.1 Å². The molecule has 0 aliphatic heterocycles. The molecular weight excluding hydrogens is 208 g/mol. The normalized spacial score (nSPS) is 13.0. The van der Waals surface area contributed by atoms with Crippen molar-refractivity contribution in [1.82, 2.24) is 10.2 Å². The monoisotopic (exact) mass is 234 g/mol. The Morgan fingerprint density at radius 2 is 2.06 bits per heavy atom. The van der Waals surface area contributed by atoms with Gasteiger partial charge in [-0.05, 0) is 39.0 Å². The third-order valence-electron chi connectivity index (χ3n) is 3.22. The van der Waals surface area contributed by atoms with Crippen LogP contribution in [0.5, 0.6) is 0 Å². The quantitative estimate of drug-likeness (QED) is 0.780. The van der Waals surface area contributed by atoms with Crippen LogP contribution in [0.1, 0.15) is 37.4 Å². The van der Waals surface area contributed by atoms with Gasteiger partial charge in [-0.15, -0.1) is 0 Å². The highest BCUT2D eigenvalue weighted by Crippen LogP contribution is 2.15. The molecule has 1 aromatic rings. The van der Waals surface area contributed by atoms with Crippen molar-refractivity contribution in [3.63, 3.8) is 0 Å². The van der Waals surface area contributed by atoms with Crippen molar-refractivity contribution in [3.05, 3.63) is 35.4 Å². The van der Waals surface area contributed by atoms with Gasteiger partial charge in [-0.2, -0.15) is 0 Å². The number of aryl methyl sites for hydroxylation is 1. The van der Waals surface area contributed by atoms with Crippen molar-refractivity contribution >= 4 is 0 Å². The average Bonchev–Trinajstić information content (AvgIpc) is 2.34. The van der Waals surface area contributed by atoms with Crippen LogP contribution in [0.15, 0.2) is 24.3 Å². The molecule has 0 saturated heterocycles. The Hall–Kier alpha value is -0.860. The summed E-state index contributed by atoms with van der Waals surface area (Å²) in [5.41, 5.74) is 2.73. The van der Waals surface area contributed by atoms with Crippen molar-refractivity contribution in [2.75, 3.05) is 26.7 Å². The van der Waals surface area contributed by atoms with E-state index in [1.54, 1.807) is 0 Å². The summed E-state index contributed by atoms with van der Waals surface area (Å²) < 4.78 is 0. The molecule has 0 bridgehead atoms. The molecule has 0 aliphatic carbocycles. The second-order valence-electron chi connectivity index (χ2n) is 4.65. The molecule has 0 aliphatic rings. The molecule has 1 rings (SSSR count). The lowest BCUT2D eigenvalue weighted by Crippen LogP contribution is -2.34. The average molecular weight is 234 g/mol. The van der Waals surface area contributed by atoms with Gasteiger partial charge in [0.2, 0.25) is 0 Å². The van der Waals surface area contributed by atoms with Crippen molar-refractivity contribution in [2.45, 2.75) is 33.2 Å². The van der Waals surface area contributed by atoms with Crippen LogP contribution in [-0.4, -0.2) is 31.6 Å². The Morgan fingerprint density at radius 1 is 1.29 bits per heavy atom. The zero-order valence-corrected chi connectivity index (χ0v) is 11.7. The minimum absolute atomic E-state index is 0.432. The van der Waals surface area contributed by atoms with E-state index in [1.807, 2.05) is 7.05 Å². The molecule has 96 valence electrons. The zero-order chi connectivity index (χ0) is 12.7. The Kier molecular flexibility index (Phi) is 6.23. The third-order valence-corrected chi connectivity index (χ3v) is 3.22. The smallest absolute Gasteiger partial charge is 0.0446 e. The number of nitrogens with zero attached hydrogens (tertiary/aromatic N) is 1. The van der Waals surface area contributed by atoms with Crippen LogP contribution >= 0.6 is 0 Å². The van der Waals surface area contributed by atoms with Crippen LogP contribution in [0, 0.1) is 6.92 Å². The summed E-state index contributed by atoms with van der Waals surface area (Å²) in [4.78, 5) is 2.50. The maximum atomic E-state index is 3.43. The molecular formula is C15H26N2. The molecule has 0 spiro atoms. The molecule has 0 saturated carbocycles. The lowest BCUT2D eigenvalue weighted by atomic mass is 10.0. The summed E-state index contributed by atoms with van der Waals surface area (Å²) in [6, 6.07) is 9.22. The second-order valence-corrected chi connectivity index (χ2v) is 4.65. The van der Waals surface area contributed by atoms with Gasteiger partial charge in [0.15, 0.2) is 0 Å². The molecule has 0 heterocycles. The number of hydrogen-bond acceptors (Lipinski definition) is 2. The fourth-order valence-electron chi connectivity index (χ4n) is 2.20. The minimum Gasteiger partial charge on any atom is -0.312 e. The van der Waals surface area contributed by atoms with Gasteiger partial charge >= 0.3 is 0 Å². The van der Waals surface area contributed by atoms with E-state index in [9.17, 15) is 0 Å². The van der Waals surface area contributed by atoms with Crippen molar-refractivity contribution in [1.29, 1.82) is 0 Å². The number of benzene rings is 1. The zero-order valence-electron chi connectivity index (χ0n) is 11.7. The van der Waals surface area contributed by atoms with E-state index in [2.05, 4.69) is 55.3 Å². The fourth-order valence-corrected chi connectivity index (χ4v) is 2.20. The minimum atomic E-state index is 0.432. The fraction of sp³-hybridized carbons (Fsp3) is 0.600. The largest absolute Gasteiger partial charge is 0.312 e. The Labute approximate surface area is 106 Å². The Morgan fingerprint density at radius 3 is 2.59 bits per heavy atom. The molecule has 17 heavy (non-hydrogen) atoms. The molecule has 0 aromatic heterocycles. The summed E-state index contributed by atoms with van der Waals surface area (Å²) >= 11 is 0. The predicted octanol–water partition coefficient (Wildman–Crippen LogP) is 2.99. The van der Waals surface area contributed by atoms with E-state index >= 15 is 0 Å². The molecule has 1 aromatic carbocycles. The van der Waals surface area contributed by atoms with Gasteiger partial charge in [0.05, 0.1) is 0 Å². The van der Waals surface area contributed by atoms with Crippen molar-refractivity contribution in [3.8, 4) is 0 Å². The van der Waals surface area contributed by atoms with Gasteiger partial charge in [-0.25, -0.2) is 0 Å². The molecule has 1 unspecified atom stereocenters. The van der Waals surface area contributed by atoms with Crippen LogP contribution in [-0.2, 0) is 0 Å². The summed E-state index contributed by atoms with van der Waals surface area (Å²) in [5.74, 6) is 0. The highest BCUT2D eigenvalue weighted by Gasteiger charge is 2.12. The lowest BCUT2D eigenvalue weighted by Gasteiger charge is -2.26. The van der Waals surface area contributed by atoms with Gasteiger partial charge in [-0.3, -0.25) is 0 Å². The molecule has 2 nitrogen and oxygen atoms in total. The van der Waals surface area contributed by atoms with Gasteiger partial charge < -0.3 is 10.2 Å². The van der Waals surface area contributed by atoms with Crippen LogP contribution in [0.4, 0.5) is 0 Å². The van der Waals surface area contributed by atoms with E-state index in [4.69, 9.17) is 0 Å². The highest BCUT2D eigenvalue weighted by atomic mass is 15.1. The lowest BCUT2D eigenvalue weighted by molar-refractivity contribution is 0.259. The first-order valence-electron chi connectivity index (χ1n) is 6.67. The number of likely N-dealkylation sites (N-methyl/N-ethyl adjacent to an activating group) is 2. The maximum absolute atomic E-state index is 3.43. The first-order valence-corrected chi connectivity index (χ1v) is 6.67. The SMILES string of the molecule is CCCN(CC)CC(NC)c1cccc(C)c1. The van der Waals surface area contributed by atoms with E-state index in [1.165, 1.54) is 24.1 Å². The Bertz CT molecular complexity index is 322. The summed E-state index contributed by atoms with van der Waals surface area (Å²) in [5, 5.41) is 3.43.